The molecule has 0 aliphatic rings. The highest BCUT2D eigenvalue weighted by atomic mass is 35.5. The third kappa shape index (κ3) is 1.82. The van der Waals surface area contributed by atoms with E-state index in [2.05, 4.69) is 9.97 Å². The van der Waals surface area contributed by atoms with E-state index in [1.807, 2.05) is 0 Å². The number of halogens is 1. The molecule has 5 nitrogen and oxygen atoms in total. The molecule has 0 aliphatic carbocycles. The van der Waals surface area contributed by atoms with Crippen molar-refractivity contribution in [3.8, 4) is 0 Å². The van der Waals surface area contributed by atoms with Crippen LogP contribution in [-0.2, 0) is 11.2 Å². The molecule has 0 saturated heterocycles. The van der Waals surface area contributed by atoms with E-state index in [4.69, 9.17) is 22.4 Å². The summed E-state index contributed by atoms with van der Waals surface area (Å²) >= 11 is 5.58. The number of rotatable bonds is 2. The number of carbonyl (C=O) groups is 1. The summed E-state index contributed by atoms with van der Waals surface area (Å²) in [6, 6.07) is 0. The first kappa shape index (κ1) is 8.73. The lowest BCUT2D eigenvalue weighted by Gasteiger charge is -2.01. The second kappa shape index (κ2) is 3.36. The van der Waals surface area contributed by atoms with Gasteiger partial charge in [0.2, 0.25) is 0 Å². The molecule has 0 amide bonds. The van der Waals surface area contributed by atoms with Crippen molar-refractivity contribution < 1.29 is 9.90 Å². The molecule has 1 rings (SSSR count). The van der Waals surface area contributed by atoms with Gasteiger partial charge in [-0.1, -0.05) is 11.6 Å². The van der Waals surface area contributed by atoms with Gasteiger partial charge in [-0.15, -0.1) is 0 Å². The van der Waals surface area contributed by atoms with Gasteiger partial charge in [-0.3, -0.25) is 4.79 Å². The van der Waals surface area contributed by atoms with Gasteiger partial charge in [0, 0.05) is 5.56 Å². The quantitative estimate of drug-likeness (QED) is 0.652. The van der Waals surface area contributed by atoms with Crippen LogP contribution in [0.1, 0.15) is 5.56 Å². The summed E-state index contributed by atoms with van der Waals surface area (Å²) in [4.78, 5) is 17.5. The zero-order valence-electron chi connectivity index (χ0n) is 5.99. The van der Waals surface area contributed by atoms with Gasteiger partial charge in [-0.05, 0) is 0 Å². The van der Waals surface area contributed by atoms with E-state index in [0.717, 1.165) is 0 Å². The molecule has 0 unspecified atom stereocenters. The number of hydrogen-bond acceptors (Lipinski definition) is 4. The third-order valence-electron chi connectivity index (χ3n) is 1.25. The molecule has 0 spiro atoms. The standard InChI is InChI=1S/C6H6ClN3O2/c7-5-3(1-4(11)12)6(8)10-2-9-5/h2H,1H2,(H,11,12)(H2,8,9,10). The second-order valence-electron chi connectivity index (χ2n) is 2.10. The molecule has 1 aromatic heterocycles. The van der Waals surface area contributed by atoms with Crippen LogP contribution < -0.4 is 5.73 Å². The maximum atomic E-state index is 10.3. The summed E-state index contributed by atoms with van der Waals surface area (Å²) in [5.41, 5.74) is 5.63. The molecule has 0 radical (unpaired) electrons. The Bertz CT molecular complexity index is 295. The van der Waals surface area contributed by atoms with Crippen LogP contribution in [0, 0.1) is 0 Å². The SMILES string of the molecule is Nc1ncnc(Cl)c1CC(=O)O. The summed E-state index contributed by atoms with van der Waals surface area (Å²) in [5, 5.41) is 8.53. The normalized spacial score (nSPS) is 9.75. The minimum atomic E-state index is -1.02. The summed E-state index contributed by atoms with van der Waals surface area (Å²) in [6.45, 7) is 0. The summed E-state index contributed by atoms with van der Waals surface area (Å²) in [5.74, 6) is -0.907. The average Bonchev–Trinajstić information content (AvgIpc) is 1.97. The van der Waals surface area contributed by atoms with E-state index in [1.165, 1.54) is 6.33 Å². The molecule has 6 heteroatoms. The van der Waals surface area contributed by atoms with Gasteiger partial charge in [-0.2, -0.15) is 0 Å². The molecule has 64 valence electrons. The summed E-state index contributed by atoms with van der Waals surface area (Å²) < 4.78 is 0. The Morgan fingerprint density at radius 1 is 1.67 bits per heavy atom. The fourth-order valence-electron chi connectivity index (χ4n) is 0.718. The highest BCUT2D eigenvalue weighted by Gasteiger charge is 2.10. The number of hydrogen-bond donors (Lipinski definition) is 2. The lowest BCUT2D eigenvalue weighted by atomic mass is 10.2. The van der Waals surface area contributed by atoms with E-state index < -0.39 is 5.97 Å². The van der Waals surface area contributed by atoms with Crippen molar-refractivity contribution in [3.63, 3.8) is 0 Å². The predicted molar refractivity (Wildman–Crippen MR) is 42.8 cm³/mol. The van der Waals surface area contributed by atoms with Crippen molar-refractivity contribution in [2.75, 3.05) is 5.73 Å². The average molecular weight is 188 g/mol. The smallest absolute Gasteiger partial charge is 0.308 e. The zero-order chi connectivity index (χ0) is 9.14. The largest absolute Gasteiger partial charge is 0.481 e. The Morgan fingerprint density at radius 3 is 2.83 bits per heavy atom. The molecule has 0 fully saturated rings. The highest BCUT2D eigenvalue weighted by Crippen LogP contribution is 2.17. The number of anilines is 1. The van der Waals surface area contributed by atoms with E-state index in [0.29, 0.717) is 0 Å². The minimum Gasteiger partial charge on any atom is -0.481 e. The van der Waals surface area contributed by atoms with Crippen molar-refractivity contribution >= 4 is 23.4 Å². The molecular formula is C6H6ClN3O2. The van der Waals surface area contributed by atoms with Crippen molar-refractivity contribution in [3.05, 3.63) is 17.0 Å². The van der Waals surface area contributed by atoms with Crippen LogP contribution in [0.5, 0.6) is 0 Å². The molecule has 1 heterocycles. The Labute approximate surface area is 73.2 Å². The fourth-order valence-corrected chi connectivity index (χ4v) is 0.925. The topological polar surface area (TPSA) is 89.1 Å². The first-order valence-corrected chi connectivity index (χ1v) is 3.45. The number of aromatic nitrogens is 2. The van der Waals surface area contributed by atoms with Crippen LogP contribution in [0.2, 0.25) is 5.15 Å². The maximum absolute atomic E-state index is 10.3. The molecular weight excluding hydrogens is 182 g/mol. The number of carboxylic acid groups (broad SMARTS) is 1. The molecule has 1 aromatic rings. The molecule has 0 aromatic carbocycles. The molecule has 12 heavy (non-hydrogen) atoms. The second-order valence-corrected chi connectivity index (χ2v) is 2.46. The molecule has 0 aliphatic heterocycles. The van der Waals surface area contributed by atoms with Gasteiger partial charge >= 0.3 is 5.97 Å². The number of aliphatic carboxylic acids is 1. The van der Waals surface area contributed by atoms with E-state index >= 15 is 0 Å². The van der Waals surface area contributed by atoms with Crippen LogP contribution in [0.25, 0.3) is 0 Å². The molecule has 0 atom stereocenters. The first-order valence-electron chi connectivity index (χ1n) is 3.08. The van der Waals surface area contributed by atoms with E-state index in [9.17, 15) is 4.79 Å². The van der Waals surface area contributed by atoms with Crippen molar-refractivity contribution in [2.24, 2.45) is 0 Å². The Kier molecular flexibility index (Phi) is 2.44. The predicted octanol–water partition coefficient (Wildman–Crippen LogP) is 0.339. The van der Waals surface area contributed by atoms with Crippen LogP contribution in [0.3, 0.4) is 0 Å². The monoisotopic (exact) mass is 187 g/mol. The Hall–Kier alpha value is -1.36. The minimum absolute atomic E-state index is 0.0879. The first-order chi connectivity index (χ1) is 5.61. The molecule has 0 saturated carbocycles. The van der Waals surface area contributed by atoms with E-state index in [-0.39, 0.29) is 23.0 Å². The molecule has 0 bridgehead atoms. The van der Waals surface area contributed by atoms with Gasteiger partial charge < -0.3 is 10.8 Å². The zero-order valence-corrected chi connectivity index (χ0v) is 6.75. The van der Waals surface area contributed by atoms with Crippen molar-refractivity contribution in [1.29, 1.82) is 0 Å². The lowest BCUT2D eigenvalue weighted by molar-refractivity contribution is -0.136. The van der Waals surface area contributed by atoms with Gasteiger partial charge in [-0.25, -0.2) is 9.97 Å². The van der Waals surface area contributed by atoms with Gasteiger partial charge in [0.1, 0.15) is 17.3 Å². The van der Waals surface area contributed by atoms with Crippen LogP contribution in [0.15, 0.2) is 6.33 Å². The number of nitrogens with two attached hydrogens (primary N) is 1. The Morgan fingerprint density at radius 2 is 2.33 bits per heavy atom. The maximum Gasteiger partial charge on any atom is 0.308 e. The summed E-state index contributed by atoms with van der Waals surface area (Å²) in [6.07, 6.45) is 0.925. The fraction of sp³-hybridized carbons (Fsp3) is 0.167. The summed E-state index contributed by atoms with van der Waals surface area (Å²) in [7, 11) is 0. The number of carboxylic acids is 1. The van der Waals surface area contributed by atoms with Crippen molar-refractivity contribution in [2.45, 2.75) is 6.42 Å². The number of nitrogens with zero attached hydrogens (tertiary/aromatic N) is 2. The van der Waals surface area contributed by atoms with Gasteiger partial charge in [0.25, 0.3) is 0 Å². The number of nitrogen functional groups attached to an aromatic ring is 1. The van der Waals surface area contributed by atoms with Crippen LogP contribution >= 0.6 is 11.6 Å². The highest BCUT2D eigenvalue weighted by molar-refractivity contribution is 6.30. The van der Waals surface area contributed by atoms with Crippen LogP contribution in [0.4, 0.5) is 5.82 Å². The van der Waals surface area contributed by atoms with Crippen molar-refractivity contribution in [1.82, 2.24) is 9.97 Å². The van der Waals surface area contributed by atoms with Gasteiger partial charge in [0.05, 0.1) is 6.42 Å². The lowest BCUT2D eigenvalue weighted by Crippen LogP contribution is -2.06. The van der Waals surface area contributed by atoms with Gasteiger partial charge in [0.15, 0.2) is 0 Å². The molecule has 3 N–H and O–H groups in total. The van der Waals surface area contributed by atoms with Crippen LogP contribution in [-0.4, -0.2) is 21.0 Å². The Balaban J connectivity index is 3.04. The van der Waals surface area contributed by atoms with E-state index in [1.54, 1.807) is 0 Å². The third-order valence-corrected chi connectivity index (χ3v) is 1.58.